The van der Waals surface area contributed by atoms with Crippen molar-refractivity contribution in [3.8, 4) is 0 Å². The highest BCUT2D eigenvalue weighted by atomic mass is 79.9. The van der Waals surface area contributed by atoms with Gasteiger partial charge in [0, 0.05) is 11.3 Å². The molecule has 4 heteroatoms. The van der Waals surface area contributed by atoms with Gasteiger partial charge in [0.25, 0.3) is 0 Å². The van der Waals surface area contributed by atoms with E-state index in [0.717, 1.165) is 21.9 Å². The molecule has 0 radical (unpaired) electrons. The highest BCUT2D eigenvalue weighted by Crippen LogP contribution is 2.40. The molecule has 0 saturated heterocycles. The third kappa shape index (κ3) is 3.30. The van der Waals surface area contributed by atoms with E-state index in [2.05, 4.69) is 48.6 Å². The molecule has 0 bridgehead atoms. The average Bonchev–Trinajstić information content (AvgIpc) is 2.79. The van der Waals surface area contributed by atoms with Gasteiger partial charge >= 0.3 is 0 Å². The summed E-state index contributed by atoms with van der Waals surface area (Å²) in [4.78, 5) is 9.32. The number of aromatic nitrogens is 2. The second-order valence-electron chi connectivity index (χ2n) is 6.57. The van der Waals surface area contributed by atoms with Crippen molar-refractivity contribution in [2.75, 3.05) is 0 Å². The van der Waals surface area contributed by atoms with E-state index in [9.17, 15) is 0 Å². The van der Waals surface area contributed by atoms with Crippen LogP contribution in [-0.4, -0.2) is 9.97 Å². The summed E-state index contributed by atoms with van der Waals surface area (Å²) in [7, 11) is 0. The van der Waals surface area contributed by atoms with Crippen LogP contribution in [-0.2, 0) is 5.41 Å². The first-order chi connectivity index (χ1) is 8.82. The molecule has 1 saturated carbocycles. The maximum absolute atomic E-state index is 6.28. The topological polar surface area (TPSA) is 25.8 Å². The van der Waals surface area contributed by atoms with Crippen LogP contribution in [0.15, 0.2) is 4.47 Å². The first kappa shape index (κ1) is 15.2. The van der Waals surface area contributed by atoms with E-state index in [0.29, 0.717) is 11.1 Å². The zero-order valence-electron chi connectivity index (χ0n) is 12.1. The van der Waals surface area contributed by atoms with Gasteiger partial charge in [-0.25, -0.2) is 9.97 Å². The normalized spacial score (nSPS) is 23.9. The van der Waals surface area contributed by atoms with E-state index in [1.165, 1.54) is 25.7 Å². The highest BCUT2D eigenvalue weighted by molar-refractivity contribution is 9.10. The van der Waals surface area contributed by atoms with Gasteiger partial charge in [0.05, 0.1) is 10.2 Å². The summed E-state index contributed by atoms with van der Waals surface area (Å²) < 4.78 is 0.843. The minimum Gasteiger partial charge on any atom is -0.236 e. The molecule has 0 aromatic carbocycles. The molecule has 19 heavy (non-hydrogen) atoms. The van der Waals surface area contributed by atoms with Crippen LogP contribution < -0.4 is 0 Å². The van der Waals surface area contributed by atoms with Crippen molar-refractivity contribution >= 4 is 27.5 Å². The van der Waals surface area contributed by atoms with Crippen molar-refractivity contribution in [3.05, 3.63) is 21.1 Å². The molecular weight excluding hydrogens is 324 g/mol. The van der Waals surface area contributed by atoms with Crippen LogP contribution in [0, 0.1) is 5.92 Å². The van der Waals surface area contributed by atoms with Crippen LogP contribution in [0.1, 0.15) is 70.8 Å². The van der Waals surface area contributed by atoms with Gasteiger partial charge in [-0.3, -0.25) is 0 Å². The maximum atomic E-state index is 6.28. The van der Waals surface area contributed by atoms with Crippen LogP contribution in [0.25, 0.3) is 0 Å². The lowest BCUT2D eigenvalue weighted by Crippen LogP contribution is -2.17. The van der Waals surface area contributed by atoms with Crippen LogP contribution in [0.3, 0.4) is 0 Å². The van der Waals surface area contributed by atoms with Crippen molar-refractivity contribution in [1.82, 2.24) is 9.97 Å². The predicted molar refractivity (Wildman–Crippen MR) is 83.8 cm³/mol. The molecule has 2 atom stereocenters. The van der Waals surface area contributed by atoms with E-state index in [-0.39, 0.29) is 5.41 Å². The lowest BCUT2D eigenvalue weighted by molar-refractivity contribution is 0.511. The summed E-state index contributed by atoms with van der Waals surface area (Å²) in [5.41, 5.74) is 0.991. The largest absolute Gasteiger partial charge is 0.236 e. The minimum atomic E-state index is -0.0249. The molecule has 2 rings (SSSR count). The van der Waals surface area contributed by atoms with Gasteiger partial charge in [0.2, 0.25) is 0 Å². The summed E-state index contributed by atoms with van der Waals surface area (Å²) in [5, 5.41) is 0.551. The quantitative estimate of drug-likeness (QED) is 0.663. The SMILES string of the molecule is CCC1CCC(c2nc(Cl)c(Br)c(C(C)(C)C)n2)C1. The molecule has 0 spiro atoms. The van der Waals surface area contributed by atoms with Gasteiger partial charge in [-0.05, 0) is 41.1 Å². The molecule has 0 amide bonds. The van der Waals surface area contributed by atoms with Gasteiger partial charge in [-0.15, -0.1) is 0 Å². The Balaban J connectivity index is 2.35. The van der Waals surface area contributed by atoms with Crippen LogP contribution >= 0.6 is 27.5 Å². The predicted octanol–water partition coefficient (Wildman–Crippen LogP) is 5.48. The fourth-order valence-electron chi connectivity index (χ4n) is 2.80. The molecule has 1 heterocycles. The summed E-state index contributed by atoms with van der Waals surface area (Å²) in [6.07, 6.45) is 4.95. The van der Waals surface area contributed by atoms with Crippen LogP contribution in [0.4, 0.5) is 0 Å². The molecule has 0 aliphatic heterocycles. The molecule has 2 unspecified atom stereocenters. The monoisotopic (exact) mass is 344 g/mol. The lowest BCUT2D eigenvalue weighted by Gasteiger charge is -2.22. The van der Waals surface area contributed by atoms with Gasteiger partial charge < -0.3 is 0 Å². The Hall–Kier alpha value is -0.150. The van der Waals surface area contributed by atoms with Crippen molar-refractivity contribution in [1.29, 1.82) is 0 Å². The zero-order chi connectivity index (χ0) is 14.2. The maximum Gasteiger partial charge on any atom is 0.147 e. The molecule has 2 nitrogen and oxygen atoms in total. The van der Waals surface area contributed by atoms with Gasteiger partial charge in [-0.2, -0.15) is 0 Å². The standard InChI is InChI=1S/C15H22BrClN2/c1-5-9-6-7-10(8-9)14-18-12(15(2,3)4)11(16)13(17)19-14/h9-10H,5-8H2,1-4H3. The van der Waals surface area contributed by atoms with Crippen molar-refractivity contribution in [3.63, 3.8) is 0 Å². The molecule has 1 aliphatic rings. The Labute approximate surface area is 129 Å². The zero-order valence-corrected chi connectivity index (χ0v) is 14.5. The number of hydrogen-bond donors (Lipinski definition) is 0. The molecule has 1 aliphatic carbocycles. The summed E-state index contributed by atoms with van der Waals surface area (Å²) in [6, 6.07) is 0. The number of hydrogen-bond acceptors (Lipinski definition) is 2. The molecule has 106 valence electrons. The third-order valence-electron chi connectivity index (χ3n) is 4.02. The van der Waals surface area contributed by atoms with Crippen molar-refractivity contribution < 1.29 is 0 Å². The minimum absolute atomic E-state index is 0.0249. The Morgan fingerprint density at radius 1 is 1.26 bits per heavy atom. The Morgan fingerprint density at radius 3 is 2.47 bits per heavy atom. The summed E-state index contributed by atoms with van der Waals surface area (Å²) in [5.74, 6) is 2.25. The highest BCUT2D eigenvalue weighted by Gasteiger charge is 2.29. The van der Waals surface area contributed by atoms with E-state index in [1.807, 2.05) is 0 Å². The van der Waals surface area contributed by atoms with Gasteiger partial charge in [0.1, 0.15) is 11.0 Å². The fraction of sp³-hybridized carbons (Fsp3) is 0.733. The molecule has 1 aromatic heterocycles. The van der Waals surface area contributed by atoms with E-state index >= 15 is 0 Å². The fourth-order valence-corrected chi connectivity index (χ4v) is 3.74. The smallest absolute Gasteiger partial charge is 0.147 e. The first-order valence-corrected chi connectivity index (χ1v) is 8.23. The van der Waals surface area contributed by atoms with E-state index in [1.54, 1.807) is 0 Å². The third-order valence-corrected chi connectivity index (χ3v) is 5.28. The van der Waals surface area contributed by atoms with Crippen LogP contribution in [0.5, 0.6) is 0 Å². The molecular formula is C15H22BrClN2. The second-order valence-corrected chi connectivity index (χ2v) is 7.72. The Bertz CT molecular complexity index is 468. The molecule has 1 fully saturated rings. The van der Waals surface area contributed by atoms with Crippen molar-refractivity contribution in [2.45, 2.75) is 64.7 Å². The first-order valence-electron chi connectivity index (χ1n) is 7.06. The molecule has 0 N–H and O–H groups in total. The summed E-state index contributed by atoms with van der Waals surface area (Å²) in [6.45, 7) is 8.74. The summed E-state index contributed by atoms with van der Waals surface area (Å²) >= 11 is 9.80. The number of halogens is 2. The average molecular weight is 346 g/mol. The number of nitrogens with zero attached hydrogens (tertiary/aromatic N) is 2. The Morgan fingerprint density at radius 2 is 1.95 bits per heavy atom. The second kappa shape index (κ2) is 5.69. The Kier molecular flexibility index (Phi) is 4.56. The van der Waals surface area contributed by atoms with E-state index in [4.69, 9.17) is 16.6 Å². The van der Waals surface area contributed by atoms with Crippen molar-refractivity contribution in [2.24, 2.45) is 5.92 Å². The lowest BCUT2D eigenvalue weighted by atomic mass is 9.91. The molecule has 1 aromatic rings. The van der Waals surface area contributed by atoms with Crippen LogP contribution in [0.2, 0.25) is 5.15 Å². The number of rotatable bonds is 2. The van der Waals surface area contributed by atoms with Gasteiger partial charge in [-0.1, -0.05) is 45.7 Å². The van der Waals surface area contributed by atoms with Gasteiger partial charge in [0.15, 0.2) is 0 Å². The van der Waals surface area contributed by atoms with E-state index < -0.39 is 0 Å².